The summed E-state index contributed by atoms with van der Waals surface area (Å²) in [6.45, 7) is -1.01. The number of rotatable bonds is 7. The Labute approximate surface area is 184 Å². The predicted octanol–water partition coefficient (Wildman–Crippen LogP) is 5.73. The van der Waals surface area contributed by atoms with Crippen molar-refractivity contribution in [2.24, 2.45) is 0 Å². The summed E-state index contributed by atoms with van der Waals surface area (Å²) < 4.78 is 123. The van der Waals surface area contributed by atoms with E-state index in [-0.39, 0.29) is 6.10 Å². The first-order chi connectivity index (χ1) is 15.6. The normalized spacial score (nSPS) is 18.6. The van der Waals surface area contributed by atoms with Gasteiger partial charge in [0.05, 0.1) is 12.2 Å². The summed E-state index contributed by atoms with van der Waals surface area (Å²) in [5.74, 6) is -14.9. The predicted molar refractivity (Wildman–Crippen MR) is 102 cm³/mol. The fraction of sp³-hybridized carbons (Fsp3) is 0.455. The second kappa shape index (κ2) is 10.3. The van der Waals surface area contributed by atoms with Gasteiger partial charge >= 0.3 is 0 Å². The average Bonchev–Trinajstić information content (AvgIpc) is 2.82. The highest BCUT2D eigenvalue weighted by Crippen LogP contribution is 2.33. The number of nitrogens with one attached hydrogen (secondary N) is 1. The highest BCUT2D eigenvalue weighted by atomic mass is 19.2. The van der Waals surface area contributed by atoms with Gasteiger partial charge in [-0.15, -0.1) is 0 Å². The second-order valence-corrected chi connectivity index (χ2v) is 7.78. The molecule has 0 spiro atoms. The number of benzene rings is 2. The minimum atomic E-state index is -1.76. The lowest BCUT2D eigenvalue weighted by molar-refractivity contribution is 0.0299. The molecule has 1 fully saturated rings. The van der Waals surface area contributed by atoms with Crippen LogP contribution >= 0.6 is 0 Å². The summed E-state index contributed by atoms with van der Waals surface area (Å²) in [5, 5.41) is 2.14. The van der Waals surface area contributed by atoms with Crippen molar-refractivity contribution in [2.75, 3.05) is 7.11 Å². The van der Waals surface area contributed by atoms with Gasteiger partial charge in [-0.3, -0.25) is 0 Å². The zero-order valence-electron chi connectivity index (χ0n) is 17.7. The van der Waals surface area contributed by atoms with Crippen molar-refractivity contribution in [1.82, 2.24) is 5.32 Å². The molecule has 0 atom stereocenters. The summed E-state index contributed by atoms with van der Waals surface area (Å²) in [6.07, 6.45) is 1.12. The van der Waals surface area contributed by atoms with Crippen LogP contribution in [0.25, 0.3) is 0 Å². The Bertz CT molecular complexity index is 980. The molecule has 2 aromatic rings. The Morgan fingerprint density at radius 2 is 1.03 bits per heavy atom. The molecule has 0 aliphatic heterocycles. The van der Waals surface area contributed by atoms with E-state index in [0.717, 1.165) is 6.92 Å². The lowest BCUT2D eigenvalue weighted by atomic mass is 9.95. The first-order valence-corrected chi connectivity index (χ1v) is 10.1. The van der Waals surface area contributed by atoms with Gasteiger partial charge in [0.25, 0.3) is 0 Å². The van der Waals surface area contributed by atoms with Gasteiger partial charge in [-0.2, -0.15) is 8.78 Å². The largest absolute Gasteiger partial charge is 0.484 e. The van der Waals surface area contributed by atoms with Crippen LogP contribution in [0.3, 0.4) is 0 Å². The fourth-order valence-electron chi connectivity index (χ4n) is 3.72. The first kappa shape index (κ1) is 25.2. The highest BCUT2D eigenvalue weighted by molar-refractivity contribution is 5.35. The van der Waals surface area contributed by atoms with Crippen molar-refractivity contribution >= 4 is 0 Å². The summed E-state index contributed by atoms with van der Waals surface area (Å²) in [5.41, 5.74) is -3.04. The minimum Gasteiger partial charge on any atom is -0.484 e. The van der Waals surface area contributed by atoms with Crippen LogP contribution in [0.1, 0.15) is 42.4 Å². The molecule has 0 amide bonds. The van der Waals surface area contributed by atoms with Crippen molar-refractivity contribution in [3.63, 3.8) is 0 Å². The fourth-order valence-corrected chi connectivity index (χ4v) is 3.72. The topological polar surface area (TPSA) is 30.5 Å². The molecular weight excluding hydrogens is 462 g/mol. The molecule has 1 aliphatic rings. The van der Waals surface area contributed by atoms with Crippen LogP contribution in [0, 0.1) is 53.5 Å². The van der Waals surface area contributed by atoms with Crippen molar-refractivity contribution in [2.45, 2.75) is 57.9 Å². The molecule has 0 aromatic heterocycles. The van der Waals surface area contributed by atoms with E-state index in [1.807, 2.05) is 0 Å². The smallest absolute Gasteiger partial charge is 0.204 e. The van der Waals surface area contributed by atoms with Crippen LogP contribution in [0.4, 0.5) is 35.1 Å². The van der Waals surface area contributed by atoms with Gasteiger partial charge in [0.1, 0.15) is 0 Å². The molecule has 2 aromatic carbocycles. The number of methoxy groups -OCH3 is 1. The third-order valence-electron chi connectivity index (χ3n) is 5.73. The third-order valence-corrected chi connectivity index (χ3v) is 5.73. The molecule has 1 N–H and O–H groups in total. The second-order valence-electron chi connectivity index (χ2n) is 7.78. The van der Waals surface area contributed by atoms with Crippen molar-refractivity contribution in [1.29, 1.82) is 0 Å². The van der Waals surface area contributed by atoms with E-state index in [0.29, 0.717) is 25.7 Å². The molecule has 0 saturated heterocycles. The van der Waals surface area contributed by atoms with E-state index in [1.165, 1.54) is 7.11 Å². The molecule has 33 heavy (non-hydrogen) atoms. The van der Waals surface area contributed by atoms with Crippen molar-refractivity contribution < 1.29 is 44.6 Å². The van der Waals surface area contributed by atoms with Gasteiger partial charge in [-0.25, -0.2) is 26.3 Å². The van der Waals surface area contributed by atoms with E-state index >= 15 is 0 Å². The molecule has 0 unspecified atom stereocenters. The van der Waals surface area contributed by atoms with E-state index in [1.54, 1.807) is 0 Å². The van der Waals surface area contributed by atoms with Crippen LogP contribution in [-0.4, -0.2) is 19.3 Å². The van der Waals surface area contributed by atoms with Crippen molar-refractivity contribution in [3.8, 4) is 5.75 Å². The first-order valence-electron chi connectivity index (χ1n) is 10.1. The van der Waals surface area contributed by atoms with E-state index in [4.69, 9.17) is 9.47 Å². The summed E-state index contributed by atoms with van der Waals surface area (Å²) >= 11 is 0. The molecule has 3 rings (SSSR count). The zero-order chi connectivity index (χ0) is 24.4. The minimum absolute atomic E-state index is 0.0355. The third kappa shape index (κ3) is 4.93. The lowest BCUT2D eigenvalue weighted by Gasteiger charge is -2.28. The molecule has 3 nitrogen and oxygen atoms in total. The van der Waals surface area contributed by atoms with Crippen LogP contribution in [0.2, 0.25) is 0 Å². The van der Waals surface area contributed by atoms with Crippen LogP contribution in [0.15, 0.2) is 0 Å². The summed E-state index contributed by atoms with van der Waals surface area (Å²) in [4.78, 5) is 0. The number of hydrogen-bond acceptors (Lipinski definition) is 3. The zero-order valence-corrected chi connectivity index (χ0v) is 17.7. The number of halogens is 8. The maximum absolute atomic E-state index is 14.5. The standard InChI is InChI=1S/C22H21F8NO2/c1-9-14(23)16(25)12(17(26)15(9)24)7-31-8-13-18(27)20(29)22(21(30)19(13)28)33-11-5-3-10(32-2)4-6-11/h10-11,31H,3-8H2,1-2H3. The summed E-state index contributed by atoms with van der Waals surface area (Å²) in [6, 6.07) is 0. The Morgan fingerprint density at radius 3 is 1.45 bits per heavy atom. The molecule has 1 saturated carbocycles. The van der Waals surface area contributed by atoms with E-state index < -0.39 is 88.2 Å². The molecule has 1 aliphatic carbocycles. The van der Waals surface area contributed by atoms with Gasteiger partial charge in [0, 0.05) is 36.9 Å². The maximum atomic E-state index is 14.5. The van der Waals surface area contributed by atoms with Gasteiger partial charge in [0.15, 0.2) is 40.7 Å². The van der Waals surface area contributed by atoms with Crippen LogP contribution in [-0.2, 0) is 17.8 Å². The quantitative estimate of drug-likeness (QED) is 0.403. The van der Waals surface area contributed by atoms with Crippen LogP contribution < -0.4 is 10.1 Å². The SMILES string of the molecule is COC1CCC(Oc2c(F)c(F)c(CNCc3c(F)c(F)c(C)c(F)c3F)c(F)c2F)CC1. The van der Waals surface area contributed by atoms with E-state index in [9.17, 15) is 35.1 Å². The lowest BCUT2D eigenvalue weighted by Crippen LogP contribution is -2.28. The van der Waals surface area contributed by atoms with Gasteiger partial charge in [0.2, 0.25) is 11.6 Å². The highest BCUT2D eigenvalue weighted by Gasteiger charge is 2.30. The van der Waals surface area contributed by atoms with Crippen LogP contribution in [0.5, 0.6) is 5.75 Å². The van der Waals surface area contributed by atoms with E-state index in [2.05, 4.69) is 5.32 Å². The molecular formula is C22H21F8NO2. The Balaban J connectivity index is 1.76. The molecule has 0 heterocycles. The Morgan fingerprint density at radius 1 is 0.636 bits per heavy atom. The van der Waals surface area contributed by atoms with Gasteiger partial charge in [-0.05, 0) is 32.6 Å². The molecule has 11 heteroatoms. The summed E-state index contributed by atoms with van der Waals surface area (Å²) in [7, 11) is 1.53. The molecule has 0 radical (unpaired) electrons. The average molecular weight is 483 g/mol. The van der Waals surface area contributed by atoms with Gasteiger partial charge in [-0.1, -0.05) is 0 Å². The van der Waals surface area contributed by atoms with Gasteiger partial charge < -0.3 is 14.8 Å². The molecule has 0 bridgehead atoms. The monoisotopic (exact) mass is 483 g/mol. The molecule has 182 valence electrons. The number of hydrogen-bond donors (Lipinski definition) is 1. The Hall–Kier alpha value is -2.40. The maximum Gasteiger partial charge on any atom is 0.204 e. The number of ether oxygens (including phenoxy) is 2. The van der Waals surface area contributed by atoms with Crippen molar-refractivity contribution in [3.05, 3.63) is 63.2 Å². The Kier molecular flexibility index (Phi) is 7.84.